The van der Waals surface area contributed by atoms with Crippen LogP contribution in [0.2, 0.25) is 0 Å². The van der Waals surface area contributed by atoms with E-state index in [0.717, 1.165) is 12.8 Å². The molecule has 1 aromatic carbocycles. The van der Waals surface area contributed by atoms with Crippen LogP contribution in [0, 0.1) is 5.92 Å². The molecular weight excluding hydrogens is 378 g/mol. The maximum Gasteiger partial charge on any atom is 0.272 e. The van der Waals surface area contributed by atoms with E-state index in [1.165, 1.54) is 0 Å². The molecule has 0 bridgehead atoms. The number of carbonyl (C=O) groups is 1. The maximum absolute atomic E-state index is 13.0. The second-order valence-corrected chi connectivity index (χ2v) is 9.33. The molecular formula is C19H25N5O3S. The number of para-hydroxylation sites is 1. The zero-order chi connectivity index (χ0) is 19.9. The predicted octanol–water partition coefficient (Wildman–Crippen LogP) is 2.05. The Labute approximate surface area is 165 Å². The van der Waals surface area contributed by atoms with Crippen molar-refractivity contribution >= 4 is 21.6 Å². The summed E-state index contributed by atoms with van der Waals surface area (Å²) in [7, 11) is -3.57. The molecule has 2 N–H and O–H groups in total. The van der Waals surface area contributed by atoms with Crippen molar-refractivity contribution in [1.82, 2.24) is 19.4 Å². The Hall–Kier alpha value is -2.39. The summed E-state index contributed by atoms with van der Waals surface area (Å²) in [6.07, 6.45) is 2.87. The highest BCUT2D eigenvalue weighted by Crippen LogP contribution is 2.30. The minimum Gasteiger partial charge on any atom is -0.368 e. The number of fused-ring (bicyclic) bond motifs is 1. The molecule has 1 fully saturated rings. The quantitative estimate of drug-likeness (QED) is 0.818. The third-order valence-electron chi connectivity index (χ3n) is 5.36. The van der Waals surface area contributed by atoms with Crippen LogP contribution in [0.3, 0.4) is 0 Å². The van der Waals surface area contributed by atoms with Crippen LogP contribution in [-0.4, -0.2) is 48.3 Å². The van der Waals surface area contributed by atoms with E-state index in [-0.39, 0.29) is 22.8 Å². The normalized spacial score (nSPS) is 23.9. The smallest absolute Gasteiger partial charge is 0.272 e. The fourth-order valence-electron chi connectivity index (χ4n) is 3.99. The van der Waals surface area contributed by atoms with Gasteiger partial charge < -0.3 is 10.2 Å². The van der Waals surface area contributed by atoms with Gasteiger partial charge in [-0.25, -0.2) is 8.42 Å². The summed E-state index contributed by atoms with van der Waals surface area (Å²) in [6, 6.07) is 8.71. The number of aromatic nitrogens is 2. The molecule has 0 saturated carbocycles. The van der Waals surface area contributed by atoms with Crippen molar-refractivity contribution in [3.8, 4) is 0 Å². The van der Waals surface area contributed by atoms with Gasteiger partial charge in [-0.3, -0.25) is 9.48 Å². The molecule has 4 rings (SSSR count). The summed E-state index contributed by atoms with van der Waals surface area (Å²) in [4.78, 5) is 15.1. The SMILES string of the molecule is CC(C)n1nccc1C(=O)N1CCC[C@H]([C@H]2Nc3ccccc3S(=O)(=O)N2)C1. The van der Waals surface area contributed by atoms with Gasteiger partial charge in [0.05, 0.1) is 11.9 Å². The summed E-state index contributed by atoms with van der Waals surface area (Å²) in [5.41, 5.74) is 1.17. The largest absolute Gasteiger partial charge is 0.368 e. The minimum atomic E-state index is -3.57. The Balaban J connectivity index is 1.53. The molecule has 28 heavy (non-hydrogen) atoms. The number of nitrogens with one attached hydrogen (secondary N) is 2. The Bertz CT molecular complexity index is 985. The molecule has 1 saturated heterocycles. The number of amides is 1. The van der Waals surface area contributed by atoms with Crippen molar-refractivity contribution in [1.29, 1.82) is 0 Å². The fraction of sp³-hybridized carbons (Fsp3) is 0.474. The average molecular weight is 404 g/mol. The number of benzene rings is 1. The molecule has 2 aromatic rings. The maximum atomic E-state index is 13.0. The van der Waals surface area contributed by atoms with Crippen LogP contribution < -0.4 is 10.0 Å². The second kappa shape index (κ2) is 7.21. The molecule has 0 spiro atoms. The molecule has 0 aliphatic carbocycles. The number of anilines is 1. The number of likely N-dealkylation sites (tertiary alicyclic amines) is 1. The van der Waals surface area contributed by atoms with Gasteiger partial charge in [0.15, 0.2) is 0 Å². The zero-order valence-corrected chi connectivity index (χ0v) is 16.8. The third-order valence-corrected chi connectivity index (χ3v) is 6.86. The first-order chi connectivity index (χ1) is 13.4. The first kappa shape index (κ1) is 18.9. The van der Waals surface area contributed by atoms with Crippen molar-refractivity contribution in [2.75, 3.05) is 18.4 Å². The van der Waals surface area contributed by atoms with Crippen LogP contribution in [0.5, 0.6) is 0 Å². The van der Waals surface area contributed by atoms with Crippen molar-refractivity contribution < 1.29 is 13.2 Å². The minimum absolute atomic E-state index is 0.0174. The van der Waals surface area contributed by atoms with E-state index in [0.29, 0.717) is 24.5 Å². The summed E-state index contributed by atoms with van der Waals surface area (Å²) >= 11 is 0. The molecule has 9 heteroatoms. The molecule has 3 heterocycles. The van der Waals surface area contributed by atoms with E-state index in [1.54, 1.807) is 40.0 Å². The number of sulfonamides is 1. The highest BCUT2D eigenvalue weighted by molar-refractivity contribution is 7.89. The first-order valence-corrected chi connectivity index (χ1v) is 11.1. The third kappa shape index (κ3) is 3.40. The predicted molar refractivity (Wildman–Crippen MR) is 105 cm³/mol. The number of hydrogen-bond acceptors (Lipinski definition) is 5. The fourth-order valence-corrected chi connectivity index (χ4v) is 5.37. The highest BCUT2D eigenvalue weighted by Gasteiger charge is 2.37. The van der Waals surface area contributed by atoms with Gasteiger partial charge in [0, 0.05) is 31.2 Å². The molecule has 2 aliphatic heterocycles. The molecule has 8 nitrogen and oxygen atoms in total. The number of rotatable bonds is 3. The van der Waals surface area contributed by atoms with Crippen LogP contribution in [-0.2, 0) is 10.0 Å². The molecule has 1 aromatic heterocycles. The average Bonchev–Trinajstić information content (AvgIpc) is 3.17. The van der Waals surface area contributed by atoms with Crippen LogP contribution in [0.25, 0.3) is 0 Å². The number of nitrogens with zero attached hydrogens (tertiary/aromatic N) is 3. The van der Waals surface area contributed by atoms with Gasteiger partial charge in [-0.2, -0.15) is 9.82 Å². The van der Waals surface area contributed by atoms with Gasteiger partial charge in [-0.1, -0.05) is 12.1 Å². The lowest BCUT2D eigenvalue weighted by molar-refractivity contribution is 0.0644. The lowest BCUT2D eigenvalue weighted by Gasteiger charge is -2.39. The van der Waals surface area contributed by atoms with Crippen LogP contribution in [0.15, 0.2) is 41.4 Å². The molecule has 150 valence electrons. The monoisotopic (exact) mass is 403 g/mol. The second-order valence-electron chi connectivity index (χ2n) is 7.65. The Morgan fingerprint density at radius 1 is 1.25 bits per heavy atom. The Kier molecular flexibility index (Phi) is 4.88. The number of carbonyl (C=O) groups excluding carboxylic acids is 1. The van der Waals surface area contributed by atoms with Gasteiger partial charge in [-0.05, 0) is 44.9 Å². The summed E-state index contributed by atoms with van der Waals surface area (Å²) in [6.45, 7) is 5.13. The summed E-state index contributed by atoms with van der Waals surface area (Å²) in [5, 5.41) is 7.55. The Morgan fingerprint density at radius 3 is 2.82 bits per heavy atom. The van der Waals surface area contributed by atoms with Gasteiger partial charge in [0.1, 0.15) is 10.6 Å². The van der Waals surface area contributed by atoms with Gasteiger partial charge in [0.25, 0.3) is 5.91 Å². The molecule has 0 radical (unpaired) electrons. The van der Waals surface area contributed by atoms with Crippen molar-refractivity contribution in [2.45, 2.75) is 43.8 Å². The van der Waals surface area contributed by atoms with E-state index in [1.807, 2.05) is 19.9 Å². The van der Waals surface area contributed by atoms with Gasteiger partial charge in [0.2, 0.25) is 10.0 Å². The highest BCUT2D eigenvalue weighted by atomic mass is 32.2. The van der Waals surface area contributed by atoms with Crippen LogP contribution in [0.4, 0.5) is 5.69 Å². The number of piperidine rings is 1. The lowest BCUT2D eigenvalue weighted by atomic mass is 9.94. The van der Waals surface area contributed by atoms with E-state index in [4.69, 9.17) is 0 Å². The van der Waals surface area contributed by atoms with Crippen LogP contribution in [0.1, 0.15) is 43.2 Å². The molecule has 0 unspecified atom stereocenters. The molecule has 2 aliphatic rings. The van der Waals surface area contributed by atoms with Crippen LogP contribution >= 0.6 is 0 Å². The first-order valence-electron chi connectivity index (χ1n) is 9.57. The number of hydrogen-bond donors (Lipinski definition) is 2. The zero-order valence-electron chi connectivity index (χ0n) is 16.0. The Morgan fingerprint density at radius 2 is 2.04 bits per heavy atom. The molecule has 2 atom stereocenters. The summed E-state index contributed by atoms with van der Waals surface area (Å²) < 4.78 is 29.7. The van der Waals surface area contributed by atoms with Crippen molar-refractivity contribution in [2.24, 2.45) is 5.92 Å². The lowest BCUT2D eigenvalue weighted by Crippen LogP contribution is -2.54. The van der Waals surface area contributed by atoms with E-state index >= 15 is 0 Å². The van der Waals surface area contributed by atoms with E-state index < -0.39 is 16.2 Å². The van der Waals surface area contributed by atoms with Crippen molar-refractivity contribution in [3.63, 3.8) is 0 Å². The van der Waals surface area contributed by atoms with E-state index in [9.17, 15) is 13.2 Å². The van der Waals surface area contributed by atoms with E-state index in [2.05, 4.69) is 15.1 Å². The molecule has 1 amide bonds. The topological polar surface area (TPSA) is 96.3 Å². The van der Waals surface area contributed by atoms with Gasteiger partial charge >= 0.3 is 0 Å². The van der Waals surface area contributed by atoms with Crippen molar-refractivity contribution in [3.05, 3.63) is 42.2 Å². The summed E-state index contributed by atoms with van der Waals surface area (Å²) in [5.74, 6) is -0.0776. The van der Waals surface area contributed by atoms with Gasteiger partial charge in [-0.15, -0.1) is 0 Å². The standard InChI is InChI=1S/C19H25N5O3S/c1-13(2)24-16(9-10-20-24)19(25)23-11-5-6-14(12-23)18-21-15-7-3-4-8-17(15)28(26,27)22-18/h3-4,7-10,13-14,18,21-22H,5-6,11-12H2,1-2H3/t14-,18-/m0/s1.